The fraction of sp³-hybridized carbons (Fsp3) is 0.118. The highest BCUT2D eigenvalue weighted by atomic mass is 35.5. The molecule has 0 aliphatic carbocycles. The second kappa shape index (κ2) is 7.01. The molecule has 2 rings (SSSR count). The molecule has 0 aliphatic heterocycles. The highest BCUT2D eigenvalue weighted by Gasteiger charge is 2.04. The van der Waals surface area contributed by atoms with Crippen molar-refractivity contribution in [3.63, 3.8) is 0 Å². The Morgan fingerprint density at radius 2 is 1.90 bits per heavy atom. The normalized spacial score (nSPS) is 11.4. The van der Waals surface area contributed by atoms with Gasteiger partial charge in [0.05, 0.1) is 5.02 Å². The summed E-state index contributed by atoms with van der Waals surface area (Å²) in [4.78, 5) is 10.7. The summed E-state index contributed by atoms with van der Waals surface area (Å²) in [6.07, 6.45) is 3.67. The van der Waals surface area contributed by atoms with Gasteiger partial charge >= 0.3 is 0 Å². The van der Waals surface area contributed by atoms with E-state index in [1.54, 1.807) is 18.2 Å². The van der Waals surface area contributed by atoms with Crippen LogP contribution in [0.3, 0.4) is 0 Å². The Hall–Kier alpha value is -1.93. The average molecular weight is 289 g/mol. The van der Waals surface area contributed by atoms with Crippen LogP contribution in [0.4, 0.5) is 4.39 Å². The van der Waals surface area contributed by atoms with Crippen LogP contribution in [0, 0.1) is 5.82 Å². The van der Waals surface area contributed by atoms with E-state index in [1.165, 1.54) is 6.07 Å². The van der Waals surface area contributed by atoms with Gasteiger partial charge in [0, 0.05) is 0 Å². The summed E-state index contributed by atoms with van der Waals surface area (Å²) in [5, 5.41) is 0.125. The number of carbonyl (C=O) groups excluding carboxylic acids is 1. The minimum absolute atomic E-state index is 0.125. The molecule has 102 valence electrons. The van der Waals surface area contributed by atoms with Crippen LogP contribution in [0.5, 0.6) is 0 Å². The summed E-state index contributed by atoms with van der Waals surface area (Å²) in [6.45, 7) is 0. The van der Waals surface area contributed by atoms with E-state index in [2.05, 4.69) is 0 Å². The first-order valence-corrected chi connectivity index (χ1v) is 6.72. The first-order valence-electron chi connectivity index (χ1n) is 6.34. The van der Waals surface area contributed by atoms with Crippen LogP contribution >= 0.6 is 11.6 Å². The van der Waals surface area contributed by atoms with Crippen molar-refractivity contribution < 1.29 is 9.18 Å². The third kappa shape index (κ3) is 3.78. The van der Waals surface area contributed by atoms with Crippen LogP contribution in [0.2, 0.25) is 5.02 Å². The van der Waals surface area contributed by atoms with Crippen LogP contribution in [0.1, 0.15) is 17.5 Å². The lowest BCUT2D eigenvalue weighted by atomic mass is 9.98. The third-order valence-electron chi connectivity index (χ3n) is 3.08. The number of hydrogen-bond donors (Lipinski definition) is 0. The Kier molecular flexibility index (Phi) is 5.08. The van der Waals surface area contributed by atoms with Crippen LogP contribution in [-0.4, -0.2) is 6.29 Å². The molecule has 0 bridgehead atoms. The fourth-order valence-corrected chi connectivity index (χ4v) is 2.15. The molecular formula is C17H14ClFO. The van der Waals surface area contributed by atoms with E-state index in [-0.39, 0.29) is 5.02 Å². The zero-order chi connectivity index (χ0) is 14.4. The maximum atomic E-state index is 13.4. The van der Waals surface area contributed by atoms with Gasteiger partial charge in [-0.2, -0.15) is 0 Å². The first kappa shape index (κ1) is 14.5. The molecule has 0 spiro atoms. The Labute approximate surface area is 122 Å². The van der Waals surface area contributed by atoms with Gasteiger partial charge in [0.25, 0.3) is 0 Å². The molecule has 0 N–H and O–H groups in total. The number of halogens is 2. The third-order valence-corrected chi connectivity index (χ3v) is 3.39. The Morgan fingerprint density at radius 3 is 2.55 bits per heavy atom. The van der Waals surface area contributed by atoms with E-state index in [1.807, 2.05) is 30.3 Å². The molecule has 2 aromatic rings. The van der Waals surface area contributed by atoms with Crippen molar-refractivity contribution in [3.8, 4) is 0 Å². The number of rotatable bonds is 5. The number of aryl methyl sites for hydroxylation is 1. The van der Waals surface area contributed by atoms with Crippen molar-refractivity contribution in [1.29, 1.82) is 0 Å². The molecule has 0 fully saturated rings. The van der Waals surface area contributed by atoms with Gasteiger partial charge in [-0.15, -0.1) is 0 Å². The van der Waals surface area contributed by atoms with E-state index in [0.29, 0.717) is 12.8 Å². The zero-order valence-corrected chi connectivity index (χ0v) is 11.6. The molecule has 0 aromatic heterocycles. The van der Waals surface area contributed by atoms with Crippen molar-refractivity contribution in [1.82, 2.24) is 0 Å². The van der Waals surface area contributed by atoms with Gasteiger partial charge in [-0.05, 0) is 47.8 Å². The van der Waals surface area contributed by atoms with Crippen molar-refractivity contribution in [2.45, 2.75) is 12.8 Å². The SMILES string of the molecule is O=C/C=C(/CCc1ccc(Cl)c(F)c1)c1ccccc1. The van der Waals surface area contributed by atoms with Crippen molar-refractivity contribution in [3.05, 3.63) is 76.6 Å². The lowest BCUT2D eigenvalue weighted by Crippen LogP contribution is -1.92. The zero-order valence-electron chi connectivity index (χ0n) is 10.9. The molecule has 2 aromatic carbocycles. The maximum absolute atomic E-state index is 13.4. The van der Waals surface area contributed by atoms with Gasteiger partial charge in [0.1, 0.15) is 12.1 Å². The highest BCUT2D eigenvalue weighted by molar-refractivity contribution is 6.30. The predicted molar refractivity (Wildman–Crippen MR) is 80.2 cm³/mol. The van der Waals surface area contributed by atoms with Crippen molar-refractivity contribution in [2.24, 2.45) is 0 Å². The molecule has 1 nitrogen and oxygen atoms in total. The summed E-state index contributed by atoms with van der Waals surface area (Å²) >= 11 is 5.66. The summed E-state index contributed by atoms with van der Waals surface area (Å²) in [5.74, 6) is -0.412. The van der Waals surface area contributed by atoms with Gasteiger partial charge < -0.3 is 0 Å². The molecule has 3 heteroatoms. The topological polar surface area (TPSA) is 17.1 Å². The van der Waals surface area contributed by atoms with Gasteiger partial charge in [0.15, 0.2) is 0 Å². The molecule has 0 saturated heterocycles. The first-order chi connectivity index (χ1) is 9.70. The quantitative estimate of drug-likeness (QED) is 0.576. The molecule has 20 heavy (non-hydrogen) atoms. The predicted octanol–water partition coefficient (Wildman–Crippen LogP) is 4.69. The Balaban J connectivity index is 2.12. The highest BCUT2D eigenvalue weighted by Crippen LogP contribution is 2.22. The van der Waals surface area contributed by atoms with Gasteiger partial charge in [-0.3, -0.25) is 4.79 Å². The molecule has 0 atom stereocenters. The molecule has 0 amide bonds. The van der Waals surface area contributed by atoms with Crippen LogP contribution in [0.15, 0.2) is 54.6 Å². The number of carbonyl (C=O) groups is 1. The van der Waals surface area contributed by atoms with E-state index < -0.39 is 5.82 Å². The van der Waals surface area contributed by atoms with Gasteiger partial charge in [-0.1, -0.05) is 48.0 Å². The monoisotopic (exact) mass is 288 g/mol. The van der Waals surface area contributed by atoms with Gasteiger partial charge in [-0.25, -0.2) is 4.39 Å². The van der Waals surface area contributed by atoms with E-state index in [9.17, 15) is 9.18 Å². The molecule has 0 heterocycles. The van der Waals surface area contributed by atoms with E-state index in [0.717, 1.165) is 23.0 Å². The second-order valence-electron chi connectivity index (χ2n) is 4.44. The molecule has 0 radical (unpaired) electrons. The summed E-state index contributed by atoms with van der Waals surface area (Å²) in [5.41, 5.74) is 2.81. The number of allylic oxidation sites excluding steroid dienone is 2. The van der Waals surface area contributed by atoms with Crippen molar-refractivity contribution >= 4 is 23.5 Å². The second-order valence-corrected chi connectivity index (χ2v) is 4.85. The van der Waals surface area contributed by atoms with Crippen LogP contribution in [0.25, 0.3) is 5.57 Å². The minimum Gasteiger partial charge on any atom is -0.299 e. The molecular weight excluding hydrogens is 275 g/mol. The Morgan fingerprint density at radius 1 is 1.15 bits per heavy atom. The maximum Gasteiger partial charge on any atom is 0.143 e. The van der Waals surface area contributed by atoms with E-state index >= 15 is 0 Å². The van der Waals surface area contributed by atoms with Crippen molar-refractivity contribution in [2.75, 3.05) is 0 Å². The summed E-state index contributed by atoms with van der Waals surface area (Å²) < 4.78 is 13.4. The minimum atomic E-state index is -0.412. The Bertz CT molecular complexity index is 620. The average Bonchev–Trinajstić information content (AvgIpc) is 2.48. The summed E-state index contributed by atoms with van der Waals surface area (Å²) in [7, 11) is 0. The number of benzene rings is 2. The molecule has 0 unspecified atom stereocenters. The van der Waals surface area contributed by atoms with Crippen LogP contribution in [-0.2, 0) is 11.2 Å². The number of aldehydes is 1. The lowest BCUT2D eigenvalue weighted by Gasteiger charge is -2.07. The standard InChI is InChI=1S/C17H14ClFO/c18-16-9-7-13(12-17(16)19)6-8-15(10-11-20)14-4-2-1-3-5-14/h1-5,7,9-12H,6,8H2/b15-10-. The lowest BCUT2D eigenvalue weighted by molar-refractivity contribution is -0.104. The molecule has 0 aliphatic rings. The largest absolute Gasteiger partial charge is 0.299 e. The fourth-order valence-electron chi connectivity index (χ4n) is 2.03. The molecule has 0 saturated carbocycles. The smallest absolute Gasteiger partial charge is 0.143 e. The number of hydrogen-bond acceptors (Lipinski definition) is 1. The van der Waals surface area contributed by atoms with Crippen LogP contribution < -0.4 is 0 Å². The summed E-state index contributed by atoms with van der Waals surface area (Å²) in [6, 6.07) is 14.5. The van der Waals surface area contributed by atoms with E-state index in [4.69, 9.17) is 11.6 Å². The van der Waals surface area contributed by atoms with Gasteiger partial charge in [0.2, 0.25) is 0 Å².